The van der Waals surface area contributed by atoms with Crippen molar-refractivity contribution in [3.05, 3.63) is 81.7 Å². The van der Waals surface area contributed by atoms with Crippen molar-refractivity contribution in [2.45, 2.75) is 45.6 Å². The molecule has 2 aromatic heterocycles. The van der Waals surface area contributed by atoms with Crippen molar-refractivity contribution in [1.82, 2.24) is 25.0 Å². The molecule has 0 unspecified atom stereocenters. The lowest BCUT2D eigenvalue weighted by atomic mass is 10.1. The Bertz CT molecular complexity index is 1720. The van der Waals surface area contributed by atoms with Crippen molar-refractivity contribution in [2.24, 2.45) is 0 Å². The van der Waals surface area contributed by atoms with E-state index in [1.54, 1.807) is 35.2 Å². The SMILES string of the molecule is CC[C@H](Nc1nc(C)nc(N)c1C#N)c1nc2cccc(C#CCCCC(=O)NO)c2c(=O)n1-c1ccccc1. The first-order valence-electron chi connectivity index (χ1n) is 12.7. The number of anilines is 2. The second-order valence-electron chi connectivity index (χ2n) is 8.93. The molecule has 2 aromatic carbocycles. The summed E-state index contributed by atoms with van der Waals surface area (Å²) in [6, 6.07) is 16.0. The molecule has 1 amide bonds. The lowest BCUT2D eigenvalue weighted by molar-refractivity contribution is -0.129. The third-order valence-electron chi connectivity index (χ3n) is 6.18. The van der Waals surface area contributed by atoms with Gasteiger partial charge in [-0.25, -0.2) is 20.4 Å². The molecule has 0 radical (unpaired) electrons. The van der Waals surface area contributed by atoms with Gasteiger partial charge in [-0.15, -0.1) is 0 Å². The molecule has 0 saturated carbocycles. The predicted octanol–water partition coefficient (Wildman–Crippen LogP) is 3.53. The van der Waals surface area contributed by atoms with E-state index in [4.69, 9.17) is 15.9 Å². The molecule has 2 heterocycles. The number of nitrogens with two attached hydrogens (primary N) is 1. The Balaban J connectivity index is 1.86. The van der Waals surface area contributed by atoms with Gasteiger partial charge in [0.15, 0.2) is 5.82 Å². The van der Waals surface area contributed by atoms with Crippen molar-refractivity contribution < 1.29 is 10.0 Å². The van der Waals surface area contributed by atoms with E-state index in [0.717, 1.165) is 0 Å². The summed E-state index contributed by atoms with van der Waals surface area (Å²) in [7, 11) is 0. The van der Waals surface area contributed by atoms with Crippen molar-refractivity contribution in [3.63, 3.8) is 0 Å². The quantitative estimate of drug-likeness (QED) is 0.114. The molecule has 5 N–H and O–H groups in total. The fourth-order valence-corrected chi connectivity index (χ4v) is 4.29. The Kier molecular flexibility index (Phi) is 8.69. The van der Waals surface area contributed by atoms with Gasteiger partial charge in [-0.1, -0.05) is 43.0 Å². The van der Waals surface area contributed by atoms with Crippen LogP contribution in [0, 0.1) is 30.1 Å². The first kappa shape index (κ1) is 27.8. The number of nitriles is 1. The number of nitrogens with one attached hydrogen (secondary N) is 2. The molecule has 0 bridgehead atoms. The number of hydroxylamine groups is 1. The van der Waals surface area contributed by atoms with Crippen LogP contribution in [0.15, 0.2) is 53.3 Å². The summed E-state index contributed by atoms with van der Waals surface area (Å²) >= 11 is 0. The van der Waals surface area contributed by atoms with Crippen LogP contribution in [0.2, 0.25) is 0 Å². The highest BCUT2D eigenvalue weighted by molar-refractivity contribution is 5.85. The number of unbranched alkanes of at least 4 members (excludes halogenated alkanes) is 1. The normalized spacial score (nSPS) is 11.2. The van der Waals surface area contributed by atoms with Crippen LogP contribution in [0.5, 0.6) is 0 Å². The third-order valence-corrected chi connectivity index (χ3v) is 6.18. The number of aryl methyl sites for hydroxylation is 1. The zero-order valence-corrected chi connectivity index (χ0v) is 22.1. The van der Waals surface area contributed by atoms with Crippen LogP contribution >= 0.6 is 0 Å². The number of fused-ring (bicyclic) bond motifs is 1. The van der Waals surface area contributed by atoms with Crippen LogP contribution < -0.4 is 22.1 Å². The van der Waals surface area contributed by atoms with Gasteiger partial charge in [0.25, 0.3) is 5.56 Å². The van der Waals surface area contributed by atoms with Gasteiger partial charge < -0.3 is 11.1 Å². The molecular formula is C29H28N8O3. The number of amides is 1. The van der Waals surface area contributed by atoms with Crippen molar-refractivity contribution in [2.75, 3.05) is 11.1 Å². The van der Waals surface area contributed by atoms with E-state index in [2.05, 4.69) is 33.2 Å². The van der Waals surface area contributed by atoms with Crippen LogP contribution in [-0.2, 0) is 4.79 Å². The Morgan fingerprint density at radius 3 is 2.62 bits per heavy atom. The number of aromatic nitrogens is 4. The Morgan fingerprint density at radius 2 is 1.93 bits per heavy atom. The maximum atomic E-state index is 14.1. The van der Waals surface area contributed by atoms with Crippen molar-refractivity contribution in [1.29, 1.82) is 5.26 Å². The minimum Gasteiger partial charge on any atom is -0.382 e. The first-order valence-corrected chi connectivity index (χ1v) is 12.7. The van der Waals surface area contributed by atoms with E-state index in [0.29, 0.717) is 53.1 Å². The molecule has 1 atom stereocenters. The third kappa shape index (κ3) is 5.90. The molecular weight excluding hydrogens is 508 g/mol. The molecule has 0 spiro atoms. The van der Waals surface area contributed by atoms with E-state index in [1.807, 2.05) is 37.3 Å². The molecule has 0 aliphatic rings. The van der Waals surface area contributed by atoms with Gasteiger partial charge in [-0.2, -0.15) is 5.26 Å². The molecule has 11 nitrogen and oxygen atoms in total. The van der Waals surface area contributed by atoms with E-state index in [-0.39, 0.29) is 29.2 Å². The summed E-state index contributed by atoms with van der Waals surface area (Å²) in [4.78, 5) is 38.8. The molecule has 202 valence electrons. The Hall–Kier alpha value is -5.26. The minimum atomic E-state index is -0.509. The number of para-hydroxylation sites is 1. The first-order chi connectivity index (χ1) is 19.4. The molecule has 0 fully saturated rings. The highest BCUT2D eigenvalue weighted by Gasteiger charge is 2.23. The maximum absolute atomic E-state index is 14.1. The van der Waals surface area contributed by atoms with Crippen molar-refractivity contribution in [3.8, 4) is 23.6 Å². The topological polar surface area (TPSA) is 172 Å². The van der Waals surface area contributed by atoms with Crippen LogP contribution in [-0.4, -0.2) is 30.6 Å². The van der Waals surface area contributed by atoms with E-state index in [9.17, 15) is 14.9 Å². The van der Waals surface area contributed by atoms with Gasteiger partial charge in [0, 0.05) is 18.4 Å². The average molecular weight is 537 g/mol. The lowest BCUT2D eigenvalue weighted by Gasteiger charge is -2.23. The number of rotatable bonds is 8. The molecule has 40 heavy (non-hydrogen) atoms. The molecule has 4 rings (SSSR count). The number of hydrogen-bond acceptors (Lipinski definition) is 9. The summed E-state index contributed by atoms with van der Waals surface area (Å²) < 4.78 is 1.55. The van der Waals surface area contributed by atoms with Gasteiger partial charge in [-0.3, -0.25) is 19.4 Å². The van der Waals surface area contributed by atoms with Gasteiger partial charge in [0.2, 0.25) is 5.91 Å². The second kappa shape index (κ2) is 12.5. The standard InChI is InChI=1S/C29H28N8O3/c1-3-22(34-27-21(17-30)26(31)32-18(2)33-27)28-35-23-15-10-12-19(11-6-4-9-16-24(38)36-40)25(23)29(39)37(28)20-13-7-5-8-14-20/h5,7-8,10,12-15,22,40H,3-4,9,16H2,1-2H3,(H,36,38)(H3,31,32,33,34)/t22-/m0/s1. The predicted molar refractivity (Wildman–Crippen MR) is 151 cm³/mol. The number of nitrogens with zero attached hydrogens (tertiary/aromatic N) is 5. The molecule has 4 aromatic rings. The van der Waals surface area contributed by atoms with Crippen molar-refractivity contribution >= 4 is 28.4 Å². The Labute approximate surface area is 230 Å². The zero-order chi connectivity index (χ0) is 28.6. The van der Waals surface area contributed by atoms with Crippen LogP contribution in [0.4, 0.5) is 11.6 Å². The lowest BCUT2D eigenvalue weighted by Crippen LogP contribution is -2.29. The van der Waals surface area contributed by atoms with Gasteiger partial charge in [-0.05, 0) is 44.0 Å². The zero-order valence-electron chi connectivity index (χ0n) is 22.1. The fraction of sp³-hybridized carbons (Fsp3) is 0.241. The maximum Gasteiger partial charge on any atom is 0.267 e. The summed E-state index contributed by atoms with van der Waals surface area (Å²) in [5, 5.41) is 22.0. The molecule has 0 aliphatic carbocycles. The minimum absolute atomic E-state index is 0.0690. The summed E-state index contributed by atoms with van der Waals surface area (Å²) in [5.41, 5.74) is 9.01. The number of hydrogen-bond donors (Lipinski definition) is 4. The average Bonchev–Trinajstić information content (AvgIpc) is 2.95. The monoisotopic (exact) mass is 536 g/mol. The second-order valence-corrected chi connectivity index (χ2v) is 8.93. The number of carbonyl (C=O) groups excluding carboxylic acids is 1. The highest BCUT2D eigenvalue weighted by atomic mass is 16.5. The van der Waals surface area contributed by atoms with E-state index < -0.39 is 11.9 Å². The molecule has 11 heteroatoms. The van der Waals surface area contributed by atoms with Crippen LogP contribution in [0.25, 0.3) is 16.6 Å². The Morgan fingerprint density at radius 1 is 1.15 bits per heavy atom. The number of benzene rings is 2. The molecule has 0 aliphatic heterocycles. The van der Waals surface area contributed by atoms with E-state index >= 15 is 0 Å². The fourth-order valence-electron chi connectivity index (χ4n) is 4.29. The van der Waals surface area contributed by atoms with Gasteiger partial charge in [0.1, 0.15) is 29.1 Å². The number of carbonyl (C=O) groups is 1. The largest absolute Gasteiger partial charge is 0.382 e. The number of nitrogen functional groups attached to an aromatic ring is 1. The van der Waals surface area contributed by atoms with Gasteiger partial charge in [0.05, 0.1) is 22.6 Å². The van der Waals surface area contributed by atoms with Crippen LogP contribution in [0.1, 0.15) is 61.4 Å². The summed E-state index contributed by atoms with van der Waals surface area (Å²) in [6.07, 6.45) is 1.53. The van der Waals surface area contributed by atoms with Crippen LogP contribution in [0.3, 0.4) is 0 Å². The summed E-state index contributed by atoms with van der Waals surface area (Å²) in [5.74, 6) is 6.75. The highest BCUT2D eigenvalue weighted by Crippen LogP contribution is 2.27. The van der Waals surface area contributed by atoms with Gasteiger partial charge >= 0.3 is 0 Å². The van der Waals surface area contributed by atoms with E-state index in [1.165, 1.54) is 0 Å². The summed E-state index contributed by atoms with van der Waals surface area (Å²) in [6.45, 7) is 3.62. The molecule has 0 saturated heterocycles. The smallest absolute Gasteiger partial charge is 0.267 e.